The summed E-state index contributed by atoms with van der Waals surface area (Å²) in [6.07, 6.45) is 1.67. The Labute approximate surface area is 100 Å². The van der Waals surface area contributed by atoms with Gasteiger partial charge in [-0.25, -0.2) is 9.37 Å². The van der Waals surface area contributed by atoms with Gasteiger partial charge in [0, 0.05) is 12.5 Å². The number of hydrogen-bond acceptors (Lipinski definition) is 5. The van der Waals surface area contributed by atoms with Gasteiger partial charge >= 0.3 is 0 Å². The number of nitrogen functional groups attached to an aromatic ring is 1. The summed E-state index contributed by atoms with van der Waals surface area (Å²) in [5, 5.41) is 8.92. The number of nitrogens with one attached hydrogen (secondary N) is 1. The maximum Gasteiger partial charge on any atom is 0.280 e. The summed E-state index contributed by atoms with van der Waals surface area (Å²) in [7, 11) is 0. The van der Waals surface area contributed by atoms with Gasteiger partial charge in [0.2, 0.25) is 5.95 Å². The third-order valence-corrected chi connectivity index (χ3v) is 3.30. The van der Waals surface area contributed by atoms with E-state index in [9.17, 15) is 9.18 Å². The molecule has 2 heterocycles. The summed E-state index contributed by atoms with van der Waals surface area (Å²) in [5.41, 5.74) is 3.95. The van der Waals surface area contributed by atoms with Crippen LogP contribution in [0.4, 0.5) is 10.3 Å². The molecule has 0 amide bonds. The zero-order valence-corrected chi connectivity index (χ0v) is 9.43. The molecule has 1 aliphatic carbocycles. The lowest BCUT2D eigenvalue weighted by atomic mass is 10.3. The first-order valence-corrected chi connectivity index (χ1v) is 5.54. The number of aliphatic hydroxyl groups excluding tert-OH is 1. The van der Waals surface area contributed by atoms with Crippen molar-refractivity contribution in [2.45, 2.75) is 18.6 Å². The average Bonchev–Trinajstić information content (AvgIpc) is 2.79. The van der Waals surface area contributed by atoms with Crippen LogP contribution in [0.3, 0.4) is 0 Å². The van der Waals surface area contributed by atoms with Gasteiger partial charge in [-0.2, -0.15) is 4.98 Å². The fourth-order valence-corrected chi connectivity index (χ4v) is 2.14. The molecule has 3 rings (SSSR count). The summed E-state index contributed by atoms with van der Waals surface area (Å²) in [5.74, 6) is -0.383. The molecule has 8 heteroatoms. The van der Waals surface area contributed by atoms with Crippen molar-refractivity contribution in [2.75, 3.05) is 12.3 Å². The number of aromatic nitrogens is 4. The molecule has 1 aliphatic rings. The van der Waals surface area contributed by atoms with E-state index in [-0.39, 0.29) is 36.2 Å². The molecule has 1 saturated carbocycles. The van der Waals surface area contributed by atoms with Crippen LogP contribution in [0.5, 0.6) is 0 Å². The molecule has 0 aromatic carbocycles. The molecular weight excluding hydrogens is 241 g/mol. The third-order valence-electron chi connectivity index (χ3n) is 3.30. The Morgan fingerprint density at radius 1 is 1.72 bits per heavy atom. The predicted octanol–water partition coefficient (Wildman–Crippen LogP) is -0.578. The van der Waals surface area contributed by atoms with E-state index in [4.69, 9.17) is 10.8 Å². The van der Waals surface area contributed by atoms with Crippen molar-refractivity contribution in [3.63, 3.8) is 0 Å². The number of nitrogens with two attached hydrogens (primary N) is 1. The van der Waals surface area contributed by atoms with Crippen LogP contribution in [-0.4, -0.2) is 36.9 Å². The molecular formula is C10H12FN5O2. The first-order chi connectivity index (χ1) is 8.53. The minimum atomic E-state index is -1.44. The van der Waals surface area contributed by atoms with Gasteiger partial charge < -0.3 is 15.4 Å². The highest BCUT2D eigenvalue weighted by atomic mass is 19.1. The smallest absolute Gasteiger partial charge is 0.280 e. The Balaban J connectivity index is 2.01. The normalized spacial score (nSPS) is 26.7. The Kier molecular flexibility index (Phi) is 2.18. The number of imidazole rings is 1. The summed E-state index contributed by atoms with van der Waals surface area (Å²) in [4.78, 5) is 21.7. The standard InChI is InChI=1S/C10H12FN5O2/c11-10(1-5(10)2-17)3-16-4-13-6-7(16)14-9(12)15-8(6)18/h4-5,17H,1-3H2,(H3,12,14,15,18)/t5-,10-/m0/s1. The van der Waals surface area contributed by atoms with Gasteiger partial charge in [0.05, 0.1) is 12.9 Å². The van der Waals surface area contributed by atoms with Crippen LogP contribution >= 0.6 is 0 Å². The number of hydrogen-bond donors (Lipinski definition) is 3. The Morgan fingerprint density at radius 2 is 2.50 bits per heavy atom. The van der Waals surface area contributed by atoms with E-state index < -0.39 is 11.2 Å². The van der Waals surface area contributed by atoms with Crippen LogP contribution < -0.4 is 11.3 Å². The van der Waals surface area contributed by atoms with E-state index >= 15 is 0 Å². The Bertz CT molecular complexity index is 666. The summed E-state index contributed by atoms with van der Waals surface area (Å²) >= 11 is 0. The minimum absolute atomic E-state index is 0.0185. The molecule has 0 aliphatic heterocycles. The van der Waals surface area contributed by atoms with Gasteiger partial charge in [0.25, 0.3) is 5.56 Å². The SMILES string of the molecule is Nc1nc2c(ncn2C[C@@]2(F)C[C@H]2CO)c(=O)[nH]1. The van der Waals surface area contributed by atoms with Crippen LogP contribution in [0.15, 0.2) is 11.1 Å². The molecule has 18 heavy (non-hydrogen) atoms. The van der Waals surface area contributed by atoms with E-state index in [1.54, 1.807) is 0 Å². The number of fused-ring (bicyclic) bond motifs is 1. The van der Waals surface area contributed by atoms with E-state index in [2.05, 4.69) is 15.0 Å². The first-order valence-electron chi connectivity index (χ1n) is 5.54. The zero-order chi connectivity index (χ0) is 12.9. The highest BCUT2D eigenvalue weighted by Crippen LogP contribution is 2.48. The second-order valence-electron chi connectivity index (χ2n) is 4.61. The first kappa shape index (κ1) is 11.1. The van der Waals surface area contributed by atoms with Crippen LogP contribution in [-0.2, 0) is 6.54 Å². The van der Waals surface area contributed by atoms with Crippen molar-refractivity contribution in [1.82, 2.24) is 19.5 Å². The van der Waals surface area contributed by atoms with Gasteiger partial charge in [-0.3, -0.25) is 9.78 Å². The molecule has 0 saturated heterocycles. The molecule has 7 nitrogen and oxygen atoms in total. The maximum atomic E-state index is 14.1. The number of halogens is 1. The molecule has 4 N–H and O–H groups in total. The van der Waals surface area contributed by atoms with Crippen molar-refractivity contribution in [2.24, 2.45) is 5.92 Å². The molecule has 96 valence electrons. The van der Waals surface area contributed by atoms with Gasteiger partial charge in [-0.15, -0.1) is 0 Å². The molecule has 1 fully saturated rings. The highest BCUT2D eigenvalue weighted by Gasteiger charge is 2.55. The predicted molar refractivity (Wildman–Crippen MR) is 61.6 cm³/mol. The molecule has 2 aromatic rings. The van der Waals surface area contributed by atoms with Gasteiger partial charge in [0.1, 0.15) is 5.67 Å². The monoisotopic (exact) mass is 253 g/mol. The number of anilines is 1. The van der Waals surface area contributed by atoms with Crippen molar-refractivity contribution in [1.29, 1.82) is 0 Å². The summed E-state index contributed by atoms with van der Waals surface area (Å²) in [6, 6.07) is 0. The van der Waals surface area contributed by atoms with Crippen LogP contribution in [0.1, 0.15) is 6.42 Å². The topological polar surface area (TPSA) is 110 Å². The van der Waals surface area contributed by atoms with Crippen LogP contribution in [0, 0.1) is 5.92 Å². The highest BCUT2D eigenvalue weighted by molar-refractivity contribution is 5.70. The molecule has 2 aromatic heterocycles. The molecule has 2 atom stereocenters. The second-order valence-corrected chi connectivity index (χ2v) is 4.61. The summed E-state index contributed by atoms with van der Waals surface area (Å²) < 4.78 is 15.6. The van der Waals surface area contributed by atoms with Gasteiger partial charge in [0.15, 0.2) is 11.2 Å². The summed E-state index contributed by atoms with van der Waals surface area (Å²) in [6.45, 7) is -0.163. The number of alkyl halides is 1. The molecule has 0 spiro atoms. The fourth-order valence-electron chi connectivity index (χ4n) is 2.14. The zero-order valence-electron chi connectivity index (χ0n) is 9.43. The number of rotatable bonds is 3. The van der Waals surface area contributed by atoms with Crippen molar-refractivity contribution < 1.29 is 9.50 Å². The quantitative estimate of drug-likeness (QED) is 0.678. The van der Waals surface area contributed by atoms with Crippen LogP contribution in [0.25, 0.3) is 11.2 Å². The Morgan fingerprint density at radius 3 is 3.17 bits per heavy atom. The number of aromatic amines is 1. The van der Waals surface area contributed by atoms with E-state index in [1.165, 1.54) is 10.9 Å². The largest absolute Gasteiger partial charge is 0.396 e. The molecule has 0 bridgehead atoms. The second kappa shape index (κ2) is 3.52. The molecule has 0 radical (unpaired) electrons. The van der Waals surface area contributed by atoms with Crippen molar-refractivity contribution in [3.8, 4) is 0 Å². The lowest BCUT2D eigenvalue weighted by Gasteiger charge is -2.08. The van der Waals surface area contributed by atoms with E-state index in [1.807, 2.05) is 0 Å². The van der Waals surface area contributed by atoms with Gasteiger partial charge in [-0.05, 0) is 6.42 Å². The molecule has 0 unspecified atom stereocenters. The average molecular weight is 253 g/mol. The number of aliphatic hydroxyl groups is 1. The third kappa shape index (κ3) is 1.57. The Hall–Kier alpha value is -1.96. The lowest BCUT2D eigenvalue weighted by Crippen LogP contribution is -2.17. The fraction of sp³-hybridized carbons (Fsp3) is 0.500. The van der Waals surface area contributed by atoms with Crippen molar-refractivity contribution >= 4 is 17.1 Å². The lowest BCUT2D eigenvalue weighted by molar-refractivity contribution is 0.194. The number of nitrogens with zero attached hydrogens (tertiary/aromatic N) is 3. The van der Waals surface area contributed by atoms with Gasteiger partial charge in [-0.1, -0.05) is 0 Å². The van der Waals surface area contributed by atoms with E-state index in [0.717, 1.165) is 0 Å². The minimum Gasteiger partial charge on any atom is -0.396 e. The number of H-pyrrole nitrogens is 1. The van der Waals surface area contributed by atoms with E-state index in [0.29, 0.717) is 6.42 Å². The van der Waals surface area contributed by atoms with Crippen LogP contribution in [0.2, 0.25) is 0 Å². The maximum absolute atomic E-state index is 14.1. The van der Waals surface area contributed by atoms with Crippen molar-refractivity contribution in [3.05, 3.63) is 16.7 Å².